The molecule has 1 N–H and O–H groups in total. The lowest BCUT2D eigenvalue weighted by Gasteiger charge is -2.34. The van der Waals surface area contributed by atoms with E-state index in [2.05, 4.69) is 4.74 Å². The molecular weight excluding hydrogens is 227 g/mol. The van der Waals surface area contributed by atoms with Crippen molar-refractivity contribution in [3.05, 3.63) is 0 Å². The summed E-state index contributed by atoms with van der Waals surface area (Å²) in [7, 11) is 0. The fourth-order valence-corrected chi connectivity index (χ4v) is 1.52. The van der Waals surface area contributed by atoms with Crippen LogP contribution in [0, 0.1) is 0 Å². The highest BCUT2D eigenvalue weighted by Crippen LogP contribution is 2.14. The van der Waals surface area contributed by atoms with Crippen molar-refractivity contribution in [1.82, 2.24) is 4.90 Å². The Bertz CT molecular complexity index is 201. The van der Waals surface area contributed by atoms with Gasteiger partial charge in [-0.3, -0.25) is 4.90 Å². The number of alkyl halides is 3. The molecule has 1 heterocycles. The van der Waals surface area contributed by atoms with Crippen LogP contribution in [0.4, 0.5) is 13.2 Å². The van der Waals surface area contributed by atoms with Crippen LogP contribution in [0.15, 0.2) is 0 Å². The van der Waals surface area contributed by atoms with Gasteiger partial charge in [-0.05, 0) is 0 Å². The monoisotopic (exact) mass is 243 g/mol. The highest BCUT2D eigenvalue weighted by atomic mass is 19.4. The van der Waals surface area contributed by atoms with Crippen LogP contribution in [-0.4, -0.2) is 68.3 Å². The maximum atomic E-state index is 11.8. The first kappa shape index (κ1) is 13.7. The largest absolute Gasteiger partial charge is 0.411 e. The molecule has 1 saturated heterocycles. The highest BCUT2D eigenvalue weighted by molar-refractivity contribution is 4.74. The molecule has 1 aliphatic rings. The summed E-state index contributed by atoms with van der Waals surface area (Å²) < 4.78 is 44.9. The van der Waals surface area contributed by atoms with Gasteiger partial charge in [0.05, 0.1) is 32.5 Å². The van der Waals surface area contributed by atoms with Crippen molar-refractivity contribution in [1.29, 1.82) is 0 Å². The number of ether oxygens (including phenoxy) is 2. The molecule has 0 aromatic rings. The number of rotatable bonds is 5. The molecule has 96 valence electrons. The molecule has 0 aromatic heterocycles. The Morgan fingerprint density at radius 2 is 2.19 bits per heavy atom. The Morgan fingerprint density at radius 3 is 2.81 bits per heavy atom. The lowest BCUT2D eigenvalue weighted by Crippen LogP contribution is -2.48. The van der Waals surface area contributed by atoms with Crippen molar-refractivity contribution >= 4 is 0 Å². The lowest BCUT2D eigenvalue weighted by atomic mass is 10.2. The van der Waals surface area contributed by atoms with E-state index >= 15 is 0 Å². The van der Waals surface area contributed by atoms with Crippen LogP contribution in [0.3, 0.4) is 0 Å². The van der Waals surface area contributed by atoms with Crippen LogP contribution in [-0.2, 0) is 9.47 Å². The van der Waals surface area contributed by atoms with Crippen LogP contribution >= 0.6 is 0 Å². The average Bonchev–Trinajstić information content (AvgIpc) is 2.23. The van der Waals surface area contributed by atoms with Gasteiger partial charge in [0.1, 0.15) is 6.61 Å². The zero-order valence-corrected chi connectivity index (χ0v) is 8.87. The van der Waals surface area contributed by atoms with Crippen LogP contribution < -0.4 is 0 Å². The number of aliphatic hydroxyl groups excluding tert-OH is 1. The minimum atomic E-state index is -4.28. The molecule has 1 atom stereocenters. The predicted molar refractivity (Wildman–Crippen MR) is 50.1 cm³/mol. The molecule has 0 saturated carbocycles. The van der Waals surface area contributed by atoms with Gasteiger partial charge in [-0.2, -0.15) is 13.2 Å². The summed E-state index contributed by atoms with van der Waals surface area (Å²) in [5.41, 5.74) is 0. The molecular formula is C9H16F3NO3. The second kappa shape index (κ2) is 6.39. The summed E-state index contributed by atoms with van der Waals surface area (Å²) in [5, 5.41) is 9.00. The van der Waals surface area contributed by atoms with Crippen LogP contribution in [0.2, 0.25) is 0 Å². The molecule has 1 unspecified atom stereocenters. The fraction of sp³-hybridized carbons (Fsp3) is 1.00. The molecule has 0 spiro atoms. The van der Waals surface area contributed by atoms with Crippen molar-refractivity contribution in [2.75, 3.05) is 46.1 Å². The summed E-state index contributed by atoms with van der Waals surface area (Å²) >= 11 is 0. The first-order valence-electron chi connectivity index (χ1n) is 5.10. The topological polar surface area (TPSA) is 41.9 Å². The minimum Gasteiger partial charge on any atom is -0.395 e. The minimum absolute atomic E-state index is 0.00993. The van der Waals surface area contributed by atoms with Crippen molar-refractivity contribution < 1.29 is 27.8 Å². The molecule has 0 bridgehead atoms. The van der Waals surface area contributed by atoms with Gasteiger partial charge >= 0.3 is 6.18 Å². The van der Waals surface area contributed by atoms with E-state index in [1.807, 2.05) is 4.90 Å². The Labute approximate surface area is 91.9 Å². The molecule has 1 aliphatic heterocycles. The average molecular weight is 243 g/mol. The van der Waals surface area contributed by atoms with Gasteiger partial charge in [-0.25, -0.2) is 0 Å². The Hall–Kier alpha value is -0.370. The third kappa shape index (κ3) is 5.11. The summed E-state index contributed by atoms with van der Waals surface area (Å²) in [6, 6.07) is -0.136. The number of halogens is 3. The second-order valence-electron chi connectivity index (χ2n) is 3.62. The lowest BCUT2D eigenvalue weighted by molar-refractivity contribution is -0.175. The molecule has 4 nitrogen and oxygen atoms in total. The van der Waals surface area contributed by atoms with E-state index in [0.29, 0.717) is 26.3 Å². The zero-order valence-electron chi connectivity index (χ0n) is 8.87. The Balaban J connectivity index is 2.15. The Morgan fingerprint density at radius 1 is 1.44 bits per heavy atom. The molecule has 0 aromatic carbocycles. The van der Waals surface area contributed by atoms with Crippen LogP contribution in [0.5, 0.6) is 0 Å². The maximum Gasteiger partial charge on any atom is 0.411 e. The van der Waals surface area contributed by atoms with Gasteiger partial charge in [0.2, 0.25) is 0 Å². The van der Waals surface area contributed by atoms with Gasteiger partial charge in [0.15, 0.2) is 0 Å². The van der Waals surface area contributed by atoms with E-state index in [-0.39, 0.29) is 19.3 Å². The van der Waals surface area contributed by atoms with Gasteiger partial charge in [0.25, 0.3) is 0 Å². The quantitative estimate of drug-likeness (QED) is 0.703. The number of aliphatic hydroxyl groups is 1. The first-order valence-corrected chi connectivity index (χ1v) is 5.10. The Kier molecular flexibility index (Phi) is 5.47. The van der Waals surface area contributed by atoms with Crippen molar-refractivity contribution in [2.45, 2.75) is 12.2 Å². The summed E-state index contributed by atoms with van der Waals surface area (Å²) in [4.78, 5) is 1.87. The number of hydrogen-bond acceptors (Lipinski definition) is 4. The summed E-state index contributed by atoms with van der Waals surface area (Å²) in [6.45, 7) is 0.674. The van der Waals surface area contributed by atoms with Crippen LogP contribution in [0.25, 0.3) is 0 Å². The van der Waals surface area contributed by atoms with Gasteiger partial charge < -0.3 is 14.6 Å². The third-order valence-electron chi connectivity index (χ3n) is 2.35. The van der Waals surface area contributed by atoms with E-state index in [9.17, 15) is 13.2 Å². The van der Waals surface area contributed by atoms with Crippen molar-refractivity contribution in [3.63, 3.8) is 0 Å². The van der Waals surface area contributed by atoms with Gasteiger partial charge in [-0.15, -0.1) is 0 Å². The summed E-state index contributed by atoms with van der Waals surface area (Å²) in [5.74, 6) is 0. The SMILES string of the molecule is OCC1COCCN1CCOCC(F)(F)F. The van der Waals surface area contributed by atoms with E-state index < -0.39 is 12.8 Å². The smallest absolute Gasteiger partial charge is 0.395 e. The van der Waals surface area contributed by atoms with E-state index in [1.165, 1.54) is 0 Å². The maximum absolute atomic E-state index is 11.8. The van der Waals surface area contributed by atoms with Crippen molar-refractivity contribution in [3.8, 4) is 0 Å². The first-order chi connectivity index (χ1) is 7.53. The highest BCUT2D eigenvalue weighted by Gasteiger charge is 2.28. The molecule has 16 heavy (non-hydrogen) atoms. The second-order valence-corrected chi connectivity index (χ2v) is 3.62. The molecule has 1 rings (SSSR count). The molecule has 0 amide bonds. The number of morpholine rings is 1. The predicted octanol–water partition coefficient (Wildman–Crippen LogP) is 0.258. The molecule has 7 heteroatoms. The number of nitrogens with zero attached hydrogens (tertiary/aromatic N) is 1. The fourth-order valence-electron chi connectivity index (χ4n) is 1.52. The van der Waals surface area contributed by atoms with Crippen molar-refractivity contribution in [2.24, 2.45) is 0 Å². The van der Waals surface area contributed by atoms with E-state index in [4.69, 9.17) is 9.84 Å². The van der Waals surface area contributed by atoms with E-state index in [1.54, 1.807) is 0 Å². The molecule has 0 radical (unpaired) electrons. The van der Waals surface area contributed by atoms with Gasteiger partial charge in [-0.1, -0.05) is 0 Å². The molecule has 0 aliphatic carbocycles. The summed E-state index contributed by atoms with van der Waals surface area (Å²) in [6.07, 6.45) is -4.28. The zero-order chi connectivity index (χ0) is 12.0. The normalized spacial score (nSPS) is 23.6. The molecule has 1 fully saturated rings. The van der Waals surface area contributed by atoms with Gasteiger partial charge in [0, 0.05) is 13.1 Å². The standard InChI is InChI=1S/C9H16F3NO3/c10-9(11,12)7-16-4-2-13-1-3-15-6-8(13)5-14/h8,14H,1-7H2. The number of hydrogen-bond donors (Lipinski definition) is 1. The van der Waals surface area contributed by atoms with E-state index in [0.717, 1.165) is 0 Å². The third-order valence-corrected chi connectivity index (χ3v) is 2.35. The van der Waals surface area contributed by atoms with Crippen LogP contribution in [0.1, 0.15) is 0 Å².